The Bertz CT molecular complexity index is 581. The third-order valence-corrected chi connectivity index (χ3v) is 7.29. The number of carbonyl (C=O) groups is 1. The molecule has 3 rings (SSSR count). The van der Waals surface area contributed by atoms with Gasteiger partial charge in [0.05, 0.1) is 6.10 Å². The van der Waals surface area contributed by atoms with Gasteiger partial charge in [-0.2, -0.15) is 0 Å². The molecule has 0 bridgehead atoms. The van der Waals surface area contributed by atoms with Gasteiger partial charge in [-0.3, -0.25) is 9.69 Å². The van der Waals surface area contributed by atoms with E-state index in [1.54, 1.807) is 0 Å². The lowest BCUT2D eigenvalue weighted by atomic mass is 9.74. The predicted molar refractivity (Wildman–Crippen MR) is 101 cm³/mol. The van der Waals surface area contributed by atoms with Gasteiger partial charge in [-0.1, -0.05) is 32.6 Å². The first-order valence-electron chi connectivity index (χ1n) is 9.77. The molecular formula is C20H31NO3S. The molecule has 4 nitrogen and oxygen atoms in total. The number of carboxylic acids is 1. The number of piperidine rings is 1. The molecule has 0 spiro atoms. The third-order valence-electron chi connectivity index (χ3n) is 6.05. The van der Waals surface area contributed by atoms with Crippen molar-refractivity contribution < 1.29 is 15.0 Å². The monoisotopic (exact) mass is 365 g/mol. The van der Waals surface area contributed by atoms with Crippen molar-refractivity contribution in [3.8, 4) is 0 Å². The Kier molecular flexibility index (Phi) is 6.18. The molecule has 2 heterocycles. The molecule has 25 heavy (non-hydrogen) atoms. The second-order valence-electron chi connectivity index (χ2n) is 7.87. The highest BCUT2D eigenvalue weighted by Gasteiger charge is 2.48. The molecular weight excluding hydrogens is 334 g/mol. The van der Waals surface area contributed by atoms with Crippen molar-refractivity contribution in [3.05, 3.63) is 21.9 Å². The molecule has 2 atom stereocenters. The summed E-state index contributed by atoms with van der Waals surface area (Å²) in [6.45, 7) is 4.03. The van der Waals surface area contributed by atoms with Crippen LogP contribution in [0.4, 0.5) is 0 Å². The van der Waals surface area contributed by atoms with Crippen LogP contribution in [0.2, 0.25) is 0 Å². The predicted octanol–water partition coefficient (Wildman–Crippen LogP) is 4.23. The van der Waals surface area contributed by atoms with Gasteiger partial charge in [0.25, 0.3) is 0 Å². The van der Waals surface area contributed by atoms with Crippen LogP contribution < -0.4 is 0 Å². The van der Waals surface area contributed by atoms with Crippen LogP contribution in [0.25, 0.3) is 0 Å². The minimum Gasteiger partial charge on any atom is -0.481 e. The van der Waals surface area contributed by atoms with E-state index >= 15 is 0 Å². The summed E-state index contributed by atoms with van der Waals surface area (Å²) in [6.07, 6.45) is 7.83. The Labute approximate surface area is 154 Å². The van der Waals surface area contributed by atoms with Crippen LogP contribution in [0, 0.1) is 5.41 Å². The standard InChI is InChI=1S/C20H31NO3S/c1-2-11-20(19(23)24)14-21(12-10-18(20)22)13-16-8-9-17(25-16)15-6-4-3-5-7-15/h8-9,15,18,22H,2-7,10-14H2,1H3,(H,23,24)/t18-,20+/m0/s1. The summed E-state index contributed by atoms with van der Waals surface area (Å²) in [6, 6.07) is 4.51. The second-order valence-corrected chi connectivity index (χ2v) is 9.07. The summed E-state index contributed by atoms with van der Waals surface area (Å²) >= 11 is 1.90. The first-order chi connectivity index (χ1) is 12.0. The van der Waals surface area contributed by atoms with Crippen molar-refractivity contribution in [2.45, 2.75) is 76.9 Å². The summed E-state index contributed by atoms with van der Waals surface area (Å²) in [5, 5.41) is 20.1. The number of aliphatic hydroxyl groups is 1. The molecule has 1 saturated carbocycles. The SMILES string of the molecule is CCC[C@@]1(C(=O)O)CN(Cc2ccc(C3CCCCC3)s2)CC[C@@H]1O. The van der Waals surface area contributed by atoms with Crippen molar-refractivity contribution >= 4 is 17.3 Å². The Morgan fingerprint density at radius 2 is 2.04 bits per heavy atom. The Morgan fingerprint density at radius 1 is 1.28 bits per heavy atom. The Hall–Kier alpha value is -0.910. The van der Waals surface area contributed by atoms with Crippen molar-refractivity contribution in [2.24, 2.45) is 5.41 Å². The Morgan fingerprint density at radius 3 is 2.72 bits per heavy atom. The van der Waals surface area contributed by atoms with Crippen LogP contribution in [0.1, 0.15) is 74.0 Å². The number of likely N-dealkylation sites (tertiary alicyclic amines) is 1. The molecule has 1 saturated heterocycles. The number of aliphatic carboxylic acids is 1. The van der Waals surface area contributed by atoms with E-state index in [9.17, 15) is 15.0 Å². The van der Waals surface area contributed by atoms with Gasteiger partial charge >= 0.3 is 5.97 Å². The van der Waals surface area contributed by atoms with Gasteiger partial charge in [-0.15, -0.1) is 11.3 Å². The summed E-state index contributed by atoms with van der Waals surface area (Å²) in [5.74, 6) is -0.116. The van der Waals surface area contributed by atoms with Gasteiger partial charge in [-0.05, 0) is 43.7 Å². The number of hydrogen-bond donors (Lipinski definition) is 2. The van der Waals surface area contributed by atoms with E-state index in [1.165, 1.54) is 41.9 Å². The van der Waals surface area contributed by atoms with Crippen LogP contribution in [0.3, 0.4) is 0 Å². The lowest BCUT2D eigenvalue weighted by Crippen LogP contribution is -2.55. The van der Waals surface area contributed by atoms with Crippen LogP contribution in [0.5, 0.6) is 0 Å². The summed E-state index contributed by atoms with van der Waals surface area (Å²) in [5.41, 5.74) is -1.00. The van der Waals surface area contributed by atoms with Crippen LogP contribution in [0.15, 0.2) is 12.1 Å². The highest BCUT2D eigenvalue weighted by molar-refractivity contribution is 7.12. The lowest BCUT2D eigenvalue weighted by Gasteiger charge is -2.43. The molecule has 140 valence electrons. The largest absolute Gasteiger partial charge is 0.481 e. The fraction of sp³-hybridized carbons (Fsp3) is 0.750. The van der Waals surface area contributed by atoms with Crippen molar-refractivity contribution in [3.63, 3.8) is 0 Å². The summed E-state index contributed by atoms with van der Waals surface area (Å²) in [4.78, 5) is 17.0. The molecule has 2 fully saturated rings. The maximum absolute atomic E-state index is 11.9. The van der Waals surface area contributed by atoms with E-state index in [4.69, 9.17) is 0 Å². The van der Waals surface area contributed by atoms with Gasteiger partial charge in [0.1, 0.15) is 5.41 Å². The molecule has 1 aromatic rings. The maximum atomic E-state index is 11.9. The van der Waals surface area contributed by atoms with E-state index in [0.29, 0.717) is 19.4 Å². The zero-order chi connectivity index (χ0) is 17.9. The summed E-state index contributed by atoms with van der Waals surface area (Å²) in [7, 11) is 0. The first-order valence-corrected chi connectivity index (χ1v) is 10.6. The van der Waals surface area contributed by atoms with E-state index in [2.05, 4.69) is 17.0 Å². The zero-order valence-electron chi connectivity index (χ0n) is 15.2. The first kappa shape index (κ1) is 18.9. The van der Waals surface area contributed by atoms with E-state index in [-0.39, 0.29) is 0 Å². The zero-order valence-corrected chi connectivity index (χ0v) is 16.1. The van der Waals surface area contributed by atoms with Crippen molar-refractivity contribution in [1.29, 1.82) is 0 Å². The van der Waals surface area contributed by atoms with Crippen molar-refractivity contribution in [1.82, 2.24) is 4.90 Å². The highest BCUT2D eigenvalue weighted by atomic mass is 32.1. The smallest absolute Gasteiger partial charge is 0.313 e. The molecule has 2 N–H and O–H groups in total. The average Bonchev–Trinajstić information content (AvgIpc) is 3.07. The van der Waals surface area contributed by atoms with E-state index in [0.717, 1.165) is 25.4 Å². The number of nitrogens with zero attached hydrogens (tertiary/aromatic N) is 1. The van der Waals surface area contributed by atoms with Crippen molar-refractivity contribution in [2.75, 3.05) is 13.1 Å². The highest BCUT2D eigenvalue weighted by Crippen LogP contribution is 2.39. The molecule has 1 aliphatic heterocycles. The Balaban J connectivity index is 1.66. The fourth-order valence-corrected chi connectivity index (χ4v) is 5.84. The van der Waals surface area contributed by atoms with Gasteiger partial charge in [-0.25, -0.2) is 0 Å². The van der Waals surface area contributed by atoms with Crippen LogP contribution >= 0.6 is 11.3 Å². The minimum atomic E-state index is -1.00. The average molecular weight is 366 g/mol. The number of thiophene rings is 1. The van der Waals surface area contributed by atoms with Gasteiger partial charge in [0, 0.05) is 29.4 Å². The normalized spacial score (nSPS) is 29.0. The molecule has 1 aromatic heterocycles. The van der Waals surface area contributed by atoms with Crippen LogP contribution in [-0.4, -0.2) is 40.3 Å². The maximum Gasteiger partial charge on any atom is 0.313 e. The quantitative estimate of drug-likeness (QED) is 0.792. The molecule has 0 radical (unpaired) electrons. The number of aliphatic hydroxyl groups excluding tert-OH is 1. The van der Waals surface area contributed by atoms with Gasteiger partial charge < -0.3 is 10.2 Å². The number of carboxylic acid groups (broad SMARTS) is 1. The number of hydrogen-bond acceptors (Lipinski definition) is 4. The van der Waals surface area contributed by atoms with Gasteiger partial charge in [0.15, 0.2) is 0 Å². The fourth-order valence-electron chi connectivity index (χ4n) is 4.61. The third kappa shape index (κ3) is 4.09. The van der Waals surface area contributed by atoms with E-state index < -0.39 is 17.5 Å². The van der Waals surface area contributed by atoms with Gasteiger partial charge in [0.2, 0.25) is 0 Å². The number of rotatable bonds is 6. The molecule has 0 unspecified atom stereocenters. The molecule has 1 aliphatic carbocycles. The molecule has 2 aliphatic rings. The van der Waals surface area contributed by atoms with E-state index in [1.807, 2.05) is 18.3 Å². The topological polar surface area (TPSA) is 60.8 Å². The molecule has 0 amide bonds. The van der Waals surface area contributed by atoms with Crippen LogP contribution in [-0.2, 0) is 11.3 Å². The second kappa shape index (κ2) is 8.19. The lowest BCUT2D eigenvalue weighted by molar-refractivity contribution is -0.164. The molecule has 5 heteroatoms. The molecule has 0 aromatic carbocycles. The summed E-state index contributed by atoms with van der Waals surface area (Å²) < 4.78 is 0. The minimum absolute atomic E-state index is 0.452.